The molecule has 34 heavy (non-hydrogen) atoms. The molecule has 176 valence electrons. The topological polar surface area (TPSA) is 97.3 Å². The molecule has 0 radical (unpaired) electrons. The minimum atomic E-state index is -1.09. The summed E-state index contributed by atoms with van der Waals surface area (Å²) in [5.41, 5.74) is 1.11. The van der Waals surface area contributed by atoms with E-state index in [1.54, 1.807) is 48.1 Å². The van der Waals surface area contributed by atoms with E-state index in [0.717, 1.165) is 24.1 Å². The maximum atomic E-state index is 14.5. The number of rotatable bonds is 7. The molecule has 1 N–H and O–H groups in total. The number of halogens is 1. The van der Waals surface area contributed by atoms with Crippen LogP contribution in [0.3, 0.4) is 0 Å². The zero-order valence-electron chi connectivity index (χ0n) is 19.2. The molecule has 3 aromatic rings. The third-order valence-electron chi connectivity index (χ3n) is 6.66. The molecule has 0 bridgehead atoms. The van der Waals surface area contributed by atoms with E-state index in [4.69, 9.17) is 9.15 Å². The summed E-state index contributed by atoms with van der Waals surface area (Å²) in [6.07, 6.45) is 4.05. The maximum absolute atomic E-state index is 14.5. The molecule has 1 aliphatic carbocycles. The zero-order chi connectivity index (χ0) is 24.3. The van der Waals surface area contributed by atoms with Crippen LogP contribution in [0.25, 0.3) is 0 Å². The van der Waals surface area contributed by atoms with Crippen LogP contribution in [0.1, 0.15) is 53.8 Å². The predicted molar refractivity (Wildman–Crippen MR) is 123 cm³/mol. The molecule has 1 amide bonds. The van der Waals surface area contributed by atoms with Crippen LogP contribution in [0, 0.1) is 31.0 Å². The molecule has 0 atom stereocenters. The Kier molecular flexibility index (Phi) is 6.55. The van der Waals surface area contributed by atoms with Crippen LogP contribution in [0.4, 0.5) is 10.2 Å². The second kappa shape index (κ2) is 9.56. The van der Waals surface area contributed by atoms with E-state index < -0.39 is 29.7 Å². The van der Waals surface area contributed by atoms with Crippen LogP contribution < -0.4 is 5.32 Å². The molecule has 2 heterocycles. The van der Waals surface area contributed by atoms with Crippen LogP contribution in [0.2, 0.25) is 0 Å². The van der Waals surface area contributed by atoms with Gasteiger partial charge in [0.1, 0.15) is 23.5 Å². The predicted octanol–water partition coefficient (Wildman–Crippen LogP) is 4.75. The van der Waals surface area contributed by atoms with Gasteiger partial charge in [-0.1, -0.05) is 31.0 Å². The zero-order valence-corrected chi connectivity index (χ0v) is 19.2. The molecule has 4 rings (SSSR count). The number of anilines is 1. The molecule has 0 aliphatic heterocycles. The number of nitrogens with zero attached hydrogens (tertiary/aromatic N) is 2. The van der Waals surface area contributed by atoms with Crippen molar-refractivity contribution in [2.45, 2.75) is 51.5 Å². The smallest absolute Gasteiger partial charge is 0.317 e. The first-order valence-electron chi connectivity index (χ1n) is 11.2. The van der Waals surface area contributed by atoms with E-state index in [1.165, 1.54) is 6.07 Å². The molecule has 8 heteroatoms. The highest BCUT2D eigenvalue weighted by molar-refractivity contribution is 5.94. The van der Waals surface area contributed by atoms with Crippen molar-refractivity contribution < 1.29 is 23.1 Å². The Hall–Kier alpha value is -3.86. The van der Waals surface area contributed by atoms with Crippen molar-refractivity contribution in [2.75, 3.05) is 11.9 Å². The largest absolute Gasteiger partial charge is 0.467 e. The van der Waals surface area contributed by atoms with E-state index in [-0.39, 0.29) is 0 Å². The average molecular weight is 464 g/mol. The van der Waals surface area contributed by atoms with Gasteiger partial charge >= 0.3 is 5.97 Å². The van der Waals surface area contributed by atoms with E-state index in [0.29, 0.717) is 42.1 Å². The molecular weight excluding hydrogens is 437 g/mol. The summed E-state index contributed by atoms with van der Waals surface area (Å²) in [5, 5.41) is 12.4. The van der Waals surface area contributed by atoms with Gasteiger partial charge in [-0.2, -0.15) is 5.26 Å². The number of nitriles is 1. The minimum Gasteiger partial charge on any atom is -0.467 e. The van der Waals surface area contributed by atoms with Crippen LogP contribution in [-0.4, -0.2) is 23.1 Å². The molecule has 0 saturated heterocycles. The molecule has 1 aromatic carbocycles. The van der Waals surface area contributed by atoms with Crippen molar-refractivity contribution >= 4 is 17.7 Å². The molecule has 1 aliphatic rings. The summed E-state index contributed by atoms with van der Waals surface area (Å²) in [5.74, 6) is -0.655. The fourth-order valence-corrected chi connectivity index (χ4v) is 4.74. The molecule has 1 fully saturated rings. The van der Waals surface area contributed by atoms with Gasteiger partial charge in [-0.3, -0.25) is 9.59 Å². The first kappa shape index (κ1) is 23.3. The van der Waals surface area contributed by atoms with Crippen molar-refractivity contribution in [1.82, 2.24) is 4.57 Å². The second-order valence-electron chi connectivity index (χ2n) is 8.60. The van der Waals surface area contributed by atoms with E-state index in [1.807, 2.05) is 6.92 Å². The summed E-state index contributed by atoms with van der Waals surface area (Å²) in [4.78, 5) is 25.9. The number of amides is 1. The molecule has 0 unspecified atom stereocenters. The molecule has 7 nitrogen and oxygen atoms in total. The third-order valence-corrected chi connectivity index (χ3v) is 6.66. The molecular formula is C26H26FN3O4. The van der Waals surface area contributed by atoms with Gasteiger partial charge < -0.3 is 19.0 Å². The fourth-order valence-electron chi connectivity index (χ4n) is 4.74. The molecule has 2 aromatic heterocycles. The van der Waals surface area contributed by atoms with Crippen LogP contribution >= 0.6 is 0 Å². The fraction of sp³-hybridized carbons (Fsp3) is 0.346. The summed E-state index contributed by atoms with van der Waals surface area (Å²) in [7, 11) is 0. The summed E-state index contributed by atoms with van der Waals surface area (Å²) in [6.45, 7) is 3.45. The average Bonchev–Trinajstić information content (AvgIpc) is 3.57. The Balaban J connectivity index is 1.51. The van der Waals surface area contributed by atoms with Crippen LogP contribution in [-0.2, 0) is 26.3 Å². The Labute approximate surface area is 197 Å². The number of aromatic nitrogens is 1. The SMILES string of the molecule is Cc1c(C#N)c(NC(=O)COC(=O)C2(c3ccccc3F)CCCC2)n(Cc2ccco2)c1C. The van der Waals surface area contributed by atoms with E-state index in [9.17, 15) is 19.2 Å². The number of nitrogens with one attached hydrogen (secondary N) is 1. The van der Waals surface area contributed by atoms with E-state index >= 15 is 0 Å². The number of hydrogen-bond donors (Lipinski definition) is 1. The van der Waals surface area contributed by atoms with Gasteiger partial charge in [0.15, 0.2) is 6.61 Å². The maximum Gasteiger partial charge on any atom is 0.317 e. The lowest BCUT2D eigenvalue weighted by atomic mass is 9.78. The number of furan rings is 1. The molecule has 1 saturated carbocycles. The summed E-state index contributed by atoms with van der Waals surface area (Å²) >= 11 is 0. The standard InChI is InChI=1S/C26H26FN3O4/c1-17-18(2)30(15-19-8-7-13-33-19)24(20(17)14-28)29-23(31)16-34-25(32)26(11-5-6-12-26)21-9-3-4-10-22(21)27/h3-4,7-10,13H,5-6,11-12,15-16H2,1-2H3,(H,29,31). The Morgan fingerprint density at radius 3 is 2.59 bits per heavy atom. The van der Waals surface area contributed by atoms with Gasteiger partial charge in [-0.25, -0.2) is 4.39 Å². The lowest BCUT2D eigenvalue weighted by Gasteiger charge is -2.27. The number of carbonyl (C=O) groups excluding carboxylic acids is 2. The number of esters is 1. The highest BCUT2D eigenvalue weighted by atomic mass is 19.1. The van der Waals surface area contributed by atoms with E-state index in [2.05, 4.69) is 11.4 Å². The van der Waals surface area contributed by atoms with Gasteiger partial charge in [0.05, 0.1) is 23.8 Å². The van der Waals surface area contributed by atoms with Gasteiger partial charge in [-0.05, 0) is 50.5 Å². The van der Waals surface area contributed by atoms with Gasteiger partial charge in [-0.15, -0.1) is 0 Å². The molecule has 0 spiro atoms. The van der Waals surface area contributed by atoms with Gasteiger partial charge in [0, 0.05) is 11.3 Å². The van der Waals surface area contributed by atoms with Crippen molar-refractivity contribution in [3.8, 4) is 6.07 Å². The van der Waals surface area contributed by atoms with Crippen molar-refractivity contribution in [2.24, 2.45) is 0 Å². The summed E-state index contributed by atoms with van der Waals surface area (Å²) < 4.78 is 27.1. The van der Waals surface area contributed by atoms with Gasteiger partial charge in [0.25, 0.3) is 5.91 Å². The van der Waals surface area contributed by atoms with Crippen molar-refractivity contribution in [3.63, 3.8) is 0 Å². The normalized spacial score (nSPS) is 14.5. The number of benzene rings is 1. The van der Waals surface area contributed by atoms with Crippen LogP contribution in [0.15, 0.2) is 47.1 Å². The monoisotopic (exact) mass is 463 g/mol. The number of carbonyl (C=O) groups is 2. The minimum absolute atomic E-state index is 0.309. The first-order valence-corrected chi connectivity index (χ1v) is 11.2. The third kappa shape index (κ3) is 4.21. The lowest BCUT2D eigenvalue weighted by molar-refractivity contribution is -0.153. The highest BCUT2D eigenvalue weighted by Gasteiger charge is 2.46. The lowest BCUT2D eigenvalue weighted by Crippen LogP contribution is -2.37. The first-order chi connectivity index (χ1) is 16.4. The van der Waals surface area contributed by atoms with Crippen LogP contribution in [0.5, 0.6) is 0 Å². The number of ether oxygens (including phenoxy) is 1. The Bertz CT molecular complexity index is 1250. The van der Waals surface area contributed by atoms with Crippen molar-refractivity contribution in [3.05, 3.63) is 76.6 Å². The summed E-state index contributed by atoms with van der Waals surface area (Å²) in [6, 6.07) is 11.9. The Morgan fingerprint density at radius 1 is 1.21 bits per heavy atom. The second-order valence-corrected chi connectivity index (χ2v) is 8.60. The quantitative estimate of drug-likeness (QED) is 0.510. The van der Waals surface area contributed by atoms with Crippen molar-refractivity contribution in [1.29, 1.82) is 5.26 Å². The Morgan fingerprint density at radius 2 is 1.94 bits per heavy atom. The van der Waals surface area contributed by atoms with Gasteiger partial charge in [0.2, 0.25) is 0 Å². The highest BCUT2D eigenvalue weighted by Crippen LogP contribution is 2.43. The number of hydrogen-bond acceptors (Lipinski definition) is 5.